The first-order chi connectivity index (χ1) is 6.36. The molecule has 2 heteroatoms. The Morgan fingerprint density at radius 3 is 2.82 bits per heavy atom. The van der Waals surface area contributed by atoms with Crippen molar-refractivity contribution in [3.05, 3.63) is 23.0 Å². The molecule has 0 atom stereocenters. The van der Waals surface area contributed by atoms with Crippen LogP contribution in [0.5, 0.6) is 5.75 Å². The predicted molar refractivity (Wildman–Crippen MR) is 45.0 cm³/mol. The summed E-state index contributed by atoms with van der Waals surface area (Å²) in [6, 6.07) is 1.80. The molecule has 11 heavy (non-hydrogen) atoms. The van der Waals surface area contributed by atoms with Gasteiger partial charge in [0.25, 0.3) is 0 Å². The van der Waals surface area contributed by atoms with Crippen molar-refractivity contribution in [1.82, 2.24) is 4.98 Å². The molecule has 1 heterocycles. The van der Waals surface area contributed by atoms with Crippen molar-refractivity contribution in [2.24, 2.45) is 0 Å². The summed E-state index contributed by atoms with van der Waals surface area (Å²) in [5.41, 5.74) is 1.53. The van der Waals surface area contributed by atoms with Crippen LogP contribution >= 0.6 is 0 Å². The van der Waals surface area contributed by atoms with Gasteiger partial charge in [-0.25, -0.2) is 0 Å². The maximum absolute atomic E-state index is 7.30. The molecule has 0 aromatic carbocycles. The second-order valence-corrected chi connectivity index (χ2v) is 2.46. The zero-order valence-electron chi connectivity index (χ0n) is 9.93. The van der Waals surface area contributed by atoms with E-state index in [9.17, 15) is 0 Å². The molecule has 60 valence electrons. The lowest BCUT2D eigenvalue weighted by Crippen LogP contribution is -1.95. The van der Waals surface area contributed by atoms with Gasteiger partial charge < -0.3 is 4.74 Å². The summed E-state index contributed by atoms with van der Waals surface area (Å²) in [6.07, 6.45) is 0. The van der Waals surface area contributed by atoms with E-state index in [2.05, 4.69) is 4.98 Å². The number of hydrogen-bond donors (Lipinski definition) is 0. The van der Waals surface area contributed by atoms with E-state index in [0.29, 0.717) is 11.4 Å². The minimum Gasteiger partial charge on any atom is -0.495 e. The molecule has 0 saturated heterocycles. The van der Waals surface area contributed by atoms with Gasteiger partial charge in [0.1, 0.15) is 5.75 Å². The minimum atomic E-state index is -2.22. The topological polar surface area (TPSA) is 22.1 Å². The summed E-state index contributed by atoms with van der Waals surface area (Å²) >= 11 is 0. The fourth-order valence-corrected chi connectivity index (χ4v) is 1.08. The summed E-state index contributed by atoms with van der Waals surface area (Å²) in [5, 5.41) is 0. The van der Waals surface area contributed by atoms with E-state index >= 15 is 0 Å². The number of aryl methyl sites for hydroxylation is 3. The van der Waals surface area contributed by atoms with Crippen LogP contribution in [-0.2, 0) is 0 Å². The van der Waals surface area contributed by atoms with Crippen molar-refractivity contribution in [3.63, 3.8) is 0 Å². The fraction of sp³-hybridized carbons (Fsp3) is 0.444. The summed E-state index contributed by atoms with van der Waals surface area (Å²) in [6.45, 7) is 1.35. The molecule has 1 aromatic heterocycles. The van der Waals surface area contributed by atoms with E-state index in [0.717, 1.165) is 5.56 Å². The van der Waals surface area contributed by atoms with Crippen molar-refractivity contribution in [3.8, 4) is 5.75 Å². The molecule has 0 fully saturated rings. The Balaban J connectivity index is 3.40. The number of methoxy groups -OCH3 is 1. The van der Waals surface area contributed by atoms with Crippen LogP contribution < -0.4 is 4.74 Å². The quantitative estimate of drug-likeness (QED) is 0.617. The first-order valence-electron chi connectivity index (χ1n) is 4.89. The van der Waals surface area contributed by atoms with Gasteiger partial charge in [0, 0.05) is 9.81 Å². The minimum absolute atomic E-state index is 0.0394. The lowest BCUT2D eigenvalue weighted by atomic mass is 10.2. The largest absolute Gasteiger partial charge is 0.495 e. The zero-order chi connectivity index (χ0) is 10.9. The average Bonchev–Trinajstić information content (AvgIpc) is 2.01. The van der Waals surface area contributed by atoms with Crippen LogP contribution in [0.25, 0.3) is 0 Å². The third kappa shape index (κ3) is 1.50. The monoisotopic (exact) mass is 154 g/mol. The highest BCUT2D eigenvalue weighted by Crippen LogP contribution is 2.20. The van der Waals surface area contributed by atoms with Gasteiger partial charge in [0.15, 0.2) is 0 Å². The van der Waals surface area contributed by atoms with Crippen LogP contribution in [0.2, 0.25) is 0 Å². The van der Waals surface area contributed by atoms with Gasteiger partial charge in [0.2, 0.25) is 0 Å². The summed E-state index contributed by atoms with van der Waals surface area (Å²) < 4.78 is 26.9. The van der Waals surface area contributed by atoms with Gasteiger partial charge in [-0.05, 0) is 32.3 Å². The van der Waals surface area contributed by atoms with E-state index in [1.54, 1.807) is 13.0 Å². The van der Waals surface area contributed by atoms with Crippen LogP contribution in [-0.4, -0.2) is 12.1 Å². The molecule has 0 aliphatic heterocycles. The molecule has 0 spiro atoms. The van der Waals surface area contributed by atoms with Crippen LogP contribution in [0.1, 0.15) is 21.1 Å². The highest BCUT2D eigenvalue weighted by Gasteiger charge is 2.03. The maximum atomic E-state index is 7.30. The van der Waals surface area contributed by atoms with Crippen LogP contribution in [0.4, 0.5) is 0 Å². The van der Waals surface area contributed by atoms with Gasteiger partial charge in [-0.1, -0.05) is 0 Å². The number of pyridine rings is 1. The number of rotatable bonds is 1. The molecule has 1 aromatic rings. The number of nitrogens with zero attached hydrogens (tertiary/aromatic N) is 1. The number of hydrogen-bond acceptors (Lipinski definition) is 2. The van der Waals surface area contributed by atoms with Crippen molar-refractivity contribution in [1.29, 1.82) is 0 Å². The number of aromatic nitrogens is 1. The second-order valence-electron chi connectivity index (χ2n) is 2.46. The Morgan fingerprint density at radius 2 is 2.27 bits per heavy atom. The molecular weight excluding hydrogens is 138 g/mol. The molecule has 0 unspecified atom stereocenters. The highest BCUT2D eigenvalue weighted by molar-refractivity contribution is 5.36. The zero-order valence-corrected chi connectivity index (χ0v) is 6.93. The van der Waals surface area contributed by atoms with Crippen molar-refractivity contribution in [2.45, 2.75) is 20.7 Å². The van der Waals surface area contributed by atoms with Gasteiger partial charge in [-0.2, -0.15) is 0 Å². The predicted octanol–water partition coefficient (Wildman–Crippen LogP) is 2.02. The third-order valence-electron chi connectivity index (χ3n) is 1.49. The molecule has 0 saturated carbocycles. The second kappa shape index (κ2) is 2.91. The van der Waals surface area contributed by atoms with E-state index in [-0.39, 0.29) is 5.69 Å². The Labute approximate surface area is 71.4 Å². The van der Waals surface area contributed by atoms with Crippen molar-refractivity contribution >= 4 is 0 Å². The van der Waals surface area contributed by atoms with Gasteiger partial charge in [0.05, 0.1) is 12.8 Å². The molecule has 0 amide bonds. The third-order valence-corrected chi connectivity index (χ3v) is 1.49. The molecular formula is C9H13NO. The smallest absolute Gasteiger partial charge is 0.142 e. The van der Waals surface area contributed by atoms with Gasteiger partial charge >= 0.3 is 0 Å². The van der Waals surface area contributed by atoms with E-state index in [4.69, 9.17) is 8.85 Å². The van der Waals surface area contributed by atoms with Gasteiger partial charge in [-0.15, -0.1) is 0 Å². The summed E-state index contributed by atoms with van der Waals surface area (Å²) in [4.78, 5) is 3.99. The molecule has 0 radical (unpaired) electrons. The van der Waals surface area contributed by atoms with Crippen LogP contribution in [0.3, 0.4) is 0 Å². The van der Waals surface area contributed by atoms with E-state index < -0.39 is 6.85 Å². The SMILES string of the molecule is [2H]C([2H])([2H])c1nc(C)cc(C)c1OC. The molecule has 2 nitrogen and oxygen atoms in total. The van der Waals surface area contributed by atoms with Gasteiger partial charge in [-0.3, -0.25) is 4.98 Å². The summed E-state index contributed by atoms with van der Waals surface area (Å²) in [5.74, 6) is 0.357. The summed E-state index contributed by atoms with van der Waals surface area (Å²) in [7, 11) is 1.45. The van der Waals surface area contributed by atoms with E-state index in [1.807, 2.05) is 6.92 Å². The maximum Gasteiger partial charge on any atom is 0.142 e. The van der Waals surface area contributed by atoms with Crippen LogP contribution in [0.15, 0.2) is 6.07 Å². The fourth-order valence-electron chi connectivity index (χ4n) is 1.08. The normalized spacial score (nSPS) is 15.0. The Morgan fingerprint density at radius 1 is 1.55 bits per heavy atom. The first-order valence-corrected chi connectivity index (χ1v) is 3.39. The number of ether oxygens (including phenoxy) is 1. The Hall–Kier alpha value is -1.05. The van der Waals surface area contributed by atoms with E-state index in [1.165, 1.54) is 7.11 Å². The molecule has 0 N–H and O–H groups in total. The van der Waals surface area contributed by atoms with Crippen molar-refractivity contribution < 1.29 is 8.85 Å². The van der Waals surface area contributed by atoms with Crippen molar-refractivity contribution in [2.75, 3.05) is 7.11 Å². The average molecular weight is 154 g/mol. The Kier molecular flexibility index (Phi) is 1.26. The standard InChI is InChI=1S/C9H13NO/c1-6-5-7(2)10-8(3)9(6)11-4/h5H,1-4H3/i3D3. The lowest BCUT2D eigenvalue weighted by molar-refractivity contribution is 0.405. The molecule has 0 bridgehead atoms. The highest BCUT2D eigenvalue weighted by atomic mass is 16.5. The van der Waals surface area contributed by atoms with Crippen LogP contribution in [0, 0.1) is 20.7 Å². The molecule has 0 aliphatic rings. The molecule has 0 aliphatic carbocycles. The first kappa shape index (κ1) is 4.75. The lowest BCUT2D eigenvalue weighted by Gasteiger charge is -2.07. The Bertz CT molecular complexity index is 347. The molecule has 1 rings (SSSR count).